The minimum absolute atomic E-state index is 0.106. The molecule has 0 spiro atoms. The zero-order valence-corrected chi connectivity index (χ0v) is 9.63. The van der Waals surface area contributed by atoms with E-state index in [1.54, 1.807) is 0 Å². The first-order valence-corrected chi connectivity index (χ1v) is 5.35. The van der Waals surface area contributed by atoms with E-state index in [0.717, 1.165) is 12.8 Å². The number of allylic oxidation sites excluding steroid dienone is 4. The summed E-state index contributed by atoms with van der Waals surface area (Å²) >= 11 is 0. The van der Waals surface area contributed by atoms with Crippen molar-refractivity contribution in [1.29, 1.82) is 0 Å². The second kappa shape index (κ2) is 4.12. The third kappa shape index (κ3) is 2.14. The van der Waals surface area contributed by atoms with Crippen molar-refractivity contribution in [2.75, 3.05) is 0 Å². The van der Waals surface area contributed by atoms with Crippen LogP contribution >= 0.6 is 0 Å². The Bertz CT molecular complexity index is 282. The summed E-state index contributed by atoms with van der Waals surface area (Å²) in [5.41, 5.74) is 1.47. The average molecular weight is 192 g/mol. The van der Waals surface area contributed by atoms with E-state index in [0.29, 0.717) is 5.78 Å². The van der Waals surface area contributed by atoms with Crippen molar-refractivity contribution in [3.05, 3.63) is 23.8 Å². The molecule has 1 aliphatic carbocycles. The second-order valence-electron chi connectivity index (χ2n) is 4.72. The highest BCUT2D eigenvalue weighted by Gasteiger charge is 2.35. The normalized spacial score (nSPS) is 30.1. The maximum Gasteiger partial charge on any atom is 0.139 e. The summed E-state index contributed by atoms with van der Waals surface area (Å²) in [6.07, 6.45) is 7.88. The largest absolute Gasteiger partial charge is 0.299 e. The fourth-order valence-corrected chi connectivity index (χ4v) is 2.13. The van der Waals surface area contributed by atoms with Crippen LogP contribution < -0.4 is 0 Å². The van der Waals surface area contributed by atoms with Crippen LogP contribution in [0, 0.1) is 11.3 Å². The molecule has 1 aliphatic rings. The van der Waals surface area contributed by atoms with Crippen LogP contribution in [0.4, 0.5) is 0 Å². The molecule has 0 amide bonds. The van der Waals surface area contributed by atoms with E-state index in [4.69, 9.17) is 0 Å². The molecular weight excluding hydrogens is 172 g/mol. The van der Waals surface area contributed by atoms with E-state index >= 15 is 0 Å². The quantitative estimate of drug-likeness (QED) is 0.621. The van der Waals surface area contributed by atoms with E-state index in [2.05, 4.69) is 19.9 Å². The molecule has 0 radical (unpaired) electrons. The average Bonchev–Trinajstić information content (AvgIpc) is 2.12. The standard InChI is InChI=1S/C13H20O/c1-5-6-7-11-10(2)12(14)8-9-13(11,3)4/h5-7,10H,8-9H2,1-4H3/b6-5+,11-7-. The number of ketones is 1. The molecule has 1 saturated carbocycles. The van der Waals surface area contributed by atoms with Gasteiger partial charge in [-0.25, -0.2) is 0 Å². The highest BCUT2D eigenvalue weighted by Crippen LogP contribution is 2.41. The van der Waals surface area contributed by atoms with Gasteiger partial charge in [0.05, 0.1) is 0 Å². The molecule has 1 atom stereocenters. The van der Waals surface area contributed by atoms with Crippen molar-refractivity contribution in [1.82, 2.24) is 0 Å². The molecule has 0 aromatic carbocycles. The van der Waals surface area contributed by atoms with E-state index in [1.807, 2.05) is 26.0 Å². The minimum Gasteiger partial charge on any atom is -0.299 e. The highest BCUT2D eigenvalue weighted by molar-refractivity contribution is 5.85. The van der Waals surface area contributed by atoms with Crippen LogP contribution in [0.3, 0.4) is 0 Å². The third-order valence-electron chi connectivity index (χ3n) is 3.20. The number of carbonyl (C=O) groups is 1. The highest BCUT2D eigenvalue weighted by atomic mass is 16.1. The van der Waals surface area contributed by atoms with E-state index in [-0.39, 0.29) is 11.3 Å². The lowest BCUT2D eigenvalue weighted by molar-refractivity contribution is -0.123. The summed E-state index contributed by atoms with van der Waals surface area (Å²) in [6, 6.07) is 0. The minimum atomic E-state index is 0.106. The monoisotopic (exact) mass is 192 g/mol. The SMILES string of the molecule is C/C=C/C=C1/C(C)C(=O)CCC1(C)C. The van der Waals surface area contributed by atoms with E-state index < -0.39 is 0 Å². The fraction of sp³-hybridized carbons (Fsp3) is 0.615. The smallest absolute Gasteiger partial charge is 0.139 e. The van der Waals surface area contributed by atoms with Gasteiger partial charge in [-0.3, -0.25) is 4.79 Å². The lowest BCUT2D eigenvalue weighted by Gasteiger charge is -2.36. The molecule has 0 aromatic rings. The van der Waals surface area contributed by atoms with Gasteiger partial charge in [0.1, 0.15) is 5.78 Å². The van der Waals surface area contributed by atoms with Gasteiger partial charge in [-0.1, -0.05) is 44.6 Å². The Balaban J connectivity index is 3.00. The number of rotatable bonds is 1. The Hall–Kier alpha value is -0.850. The summed E-state index contributed by atoms with van der Waals surface area (Å²) in [5.74, 6) is 0.495. The molecule has 0 heterocycles. The number of hydrogen-bond acceptors (Lipinski definition) is 1. The zero-order valence-electron chi connectivity index (χ0n) is 9.63. The molecule has 78 valence electrons. The second-order valence-corrected chi connectivity index (χ2v) is 4.72. The molecule has 0 saturated heterocycles. The first-order chi connectivity index (χ1) is 6.49. The maximum atomic E-state index is 11.6. The van der Waals surface area contributed by atoms with Gasteiger partial charge in [-0.15, -0.1) is 0 Å². The molecule has 1 nitrogen and oxygen atoms in total. The van der Waals surface area contributed by atoms with Gasteiger partial charge in [-0.05, 0) is 18.8 Å². The summed E-state index contributed by atoms with van der Waals surface area (Å²) < 4.78 is 0. The van der Waals surface area contributed by atoms with Gasteiger partial charge >= 0.3 is 0 Å². The first-order valence-electron chi connectivity index (χ1n) is 5.35. The Morgan fingerprint density at radius 1 is 1.43 bits per heavy atom. The van der Waals surface area contributed by atoms with Crippen molar-refractivity contribution >= 4 is 5.78 Å². The topological polar surface area (TPSA) is 17.1 Å². The molecule has 0 aromatic heterocycles. The van der Waals surface area contributed by atoms with Crippen molar-refractivity contribution < 1.29 is 4.79 Å². The Kier molecular flexibility index (Phi) is 3.30. The van der Waals surface area contributed by atoms with Gasteiger partial charge in [0.2, 0.25) is 0 Å². The lowest BCUT2D eigenvalue weighted by atomic mass is 9.68. The van der Waals surface area contributed by atoms with Gasteiger partial charge in [0.15, 0.2) is 0 Å². The molecule has 1 fully saturated rings. The van der Waals surface area contributed by atoms with Crippen molar-refractivity contribution in [3.8, 4) is 0 Å². The fourth-order valence-electron chi connectivity index (χ4n) is 2.13. The van der Waals surface area contributed by atoms with Gasteiger partial charge in [0.25, 0.3) is 0 Å². The lowest BCUT2D eigenvalue weighted by Crippen LogP contribution is -2.31. The summed E-state index contributed by atoms with van der Waals surface area (Å²) in [5, 5.41) is 0. The first kappa shape index (κ1) is 11.2. The Labute approximate surface area is 86.9 Å². The predicted molar refractivity (Wildman–Crippen MR) is 60.1 cm³/mol. The van der Waals surface area contributed by atoms with Crippen LogP contribution in [0.5, 0.6) is 0 Å². The molecule has 1 heteroatoms. The number of Topliss-reactive ketones (excluding diaryl/α,β-unsaturated/α-hetero) is 1. The van der Waals surface area contributed by atoms with Gasteiger partial charge < -0.3 is 0 Å². The molecular formula is C13H20O. The van der Waals surface area contributed by atoms with Gasteiger partial charge in [-0.2, -0.15) is 0 Å². The third-order valence-corrected chi connectivity index (χ3v) is 3.20. The molecule has 14 heavy (non-hydrogen) atoms. The van der Waals surface area contributed by atoms with Gasteiger partial charge in [0, 0.05) is 12.3 Å². The van der Waals surface area contributed by atoms with Crippen LogP contribution in [0.15, 0.2) is 23.8 Å². The molecule has 1 unspecified atom stereocenters. The van der Waals surface area contributed by atoms with Crippen molar-refractivity contribution in [2.45, 2.75) is 40.5 Å². The molecule has 1 rings (SSSR count). The summed E-state index contributed by atoms with van der Waals surface area (Å²) in [4.78, 5) is 11.6. The van der Waals surface area contributed by atoms with E-state index in [9.17, 15) is 4.79 Å². The Morgan fingerprint density at radius 2 is 2.07 bits per heavy atom. The van der Waals surface area contributed by atoms with Crippen LogP contribution in [-0.2, 0) is 4.79 Å². The van der Waals surface area contributed by atoms with Crippen LogP contribution in [0.25, 0.3) is 0 Å². The molecule has 0 aliphatic heterocycles. The van der Waals surface area contributed by atoms with Crippen LogP contribution in [0.2, 0.25) is 0 Å². The maximum absolute atomic E-state index is 11.6. The summed E-state index contributed by atoms with van der Waals surface area (Å²) in [7, 11) is 0. The molecule has 0 bridgehead atoms. The van der Waals surface area contributed by atoms with Crippen LogP contribution in [-0.4, -0.2) is 5.78 Å². The van der Waals surface area contributed by atoms with Crippen LogP contribution in [0.1, 0.15) is 40.5 Å². The van der Waals surface area contributed by atoms with Crippen molar-refractivity contribution in [2.24, 2.45) is 11.3 Å². The summed E-state index contributed by atoms with van der Waals surface area (Å²) in [6.45, 7) is 8.48. The van der Waals surface area contributed by atoms with E-state index in [1.165, 1.54) is 5.57 Å². The number of hydrogen-bond donors (Lipinski definition) is 0. The number of carbonyl (C=O) groups excluding carboxylic acids is 1. The zero-order chi connectivity index (χ0) is 10.8. The van der Waals surface area contributed by atoms with Crippen molar-refractivity contribution in [3.63, 3.8) is 0 Å². The predicted octanol–water partition coefficient (Wildman–Crippen LogP) is 3.51. The Morgan fingerprint density at radius 3 is 2.64 bits per heavy atom. The molecule has 0 N–H and O–H groups in total.